The minimum Gasteiger partial charge on any atom is -0.417 e. The summed E-state index contributed by atoms with van der Waals surface area (Å²) in [6, 6.07) is 14.3. The van der Waals surface area contributed by atoms with E-state index in [1.54, 1.807) is 24.3 Å². The molecule has 0 aliphatic heterocycles. The van der Waals surface area contributed by atoms with Crippen LogP contribution in [0.25, 0.3) is 10.8 Å². The molecule has 5 heteroatoms. The second-order valence-corrected chi connectivity index (χ2v) is 6.14. The van der Waals surface area contributed by atoms with Gasteiger partial charge in [-0.25, -0.2) is 4.79 Å². The Kier molecular flexibility index (Phi) is 3.98. The molecular formula is C17H12INO3. The smallest absolute Gasteiger partial charge is 0.344 e. The van der Waals surface area contributed by atoms with Crippen molar-refractivity contribution >= 4 is 45.0 Å². The fourth-order valence-corrected chi connectivity index (χ4v) is 2.84. The predicted molar refractivity (Wildman–Crippen MR) is 94.3 cm³/mol. The number of halogens is 1. The van der Waals surface area contributed by atoms with Crippen LogP contribution in [0.15, 0.2) is 57.7 Å². The zero-order valence-electron chi connectivity index (χ0n) is 11.7. The van der Waals surface area contributed by atoms with E-state index >= 15 is 0 Å². The molecule has 1 N–H and O–H groups in total. The Labute approximate surface area is 140 Å². The lowest BCUT2D eigenvalue weighted by atomic mass is 10.1. The quantitative estimate of drug-likeness (QED) is 0.657. The number of carbonyl (C=O) groups excluding carboxylic acids is 1. The summed E-state index contributed by atoms with van der Waals surface area (Å²) in [6.07, 6.45) is 0. The molecule has 0 atom stereocenters. The van der Waals surface area contributed by atoms with E-state index in [9.17, 15) is 9.59 Å². The first-order chi connectivity index (χ1) is 10.5. The van der Waals surface area contributed by atoms with Gasteiger partial charge in [-0.15, -0.1) is 0 Å². The average Bonchev–Trinajstić information content (AvgIpc) is 2.50. The molecule has 0 saturated carbocycles. The van der Waals surface area contributed by atoms with Gasteiger partial charge in [-0.3, -0.25) is 4.79 Å². The van der Waals surface area contributed by atoms with Crippen molar-refractivity contribution in [3.63, 3.8) is 0 Å². The normalized spacial score (nSPS) is 10.6. The molecule has 110 valence electrons. The second-order valence-electron chi connectivity index (χ2n) is 4.90. The monoisotopic (exact) mass is 405 g/mol. The Bertz CT molecular complexity index is 931. The maximum absolute atomic E-state index is 12.3. The molecule has 0 bridgehead atoms. The second kappa shape index (κ2) is 5.92. The van der Waals surface area contributed by atoms with Crippen LogP contribution < -0.4 is 10.9 Å². The third-order valence-corrected chi connectivity index (χ3v) is 4.00. The van der Waals surface area contributed by atoms with Gasteiger partial charge in [0.05, 0.1) is 5.39 Å². The maximum Gasteiger partial charge on any atom is 0.344 e. The van der Waals surface area contributed by atoms with Gasteiger partial charge in [-0.05, 0) is 70.8 Å². The van der Waals surface area contributed by atoms with E-state index in [0.29, 0.717) is 16.5 Å². The number of carbonyl (C=O) groups is 1. The highest BCUT2D eigenvalue weighted by atomic mass is 127. The topological polar surface area (TPSA) is 59.3 Å². The molecule has 0 radical (unpaired) electrons. The van der Waals surface area contributed by atoms with Gasteiger partial charge in [-0.2, -0.15) is 0 Å². The van der Waals surface area contributed by atoms with Crippen LogP contribution in [-0.2, 0) is 0 Å². The predicted octanol–water partition coefficient (Wildman–Crippen LogP) is 3.96. The Morgan fingerprint density at radius 2 is 1.91 bits per heavy atom. The van der Waals surface area contributed by atoms with Crippen LogP contribution in [0.3, 0.4) is 0 Å². The first kappa shape index (κ1) is 14.8. The minimum absolute atomic E-state index is 0.00153. The standard InChI is InChI=1S/C17H12INO3/c1-10-8-12(18)6-7-14(10)19-16(20)15-9-11-4-2-3-5-13(11)17(21)22-15/h2-9H,1H3,(H,19,20). The number of aryl methyl sites for hydroxylation is 1. The lowest BCUT2D eigenvalue weighted by Gasteiger charge is -2.08. The van der Waals surface area contributed by atoms with Crippen LogP contribution in [0, 0.1) is 10.5 Å². The van der Waals surface area contributed by atoms with Gasteiger partial charge in [0.1, 0.15) is 0 Å². The molecule has 0 aliphatic carbocycles. The summed E-state index contributed by atoms with van der Waals surface area (Å²) in [6.45, 7) is 1.91. The molecule has 0 unspecified atom stereocenters. The molecule has 22 heavy (non-hydrogen) atoms. The van der Waals surface area contributed by atoms with Gasteiger partial charge >= 0.3 is 5.63 Å². The zero-order valence-corrected chi connectivity index (χ0v) is 13.9. The minimum atomic E-state index is -0.511. The van der Waals surface area contributed by atoms with E-state index in [1.165, 1.54) is 0 Å². The van der Waals surface area contributed by atoms with Crippen molar-refractivity contribution < 1.29 is 9.21 Å². The number of benzene rings is 2. The van der Waals surface area contributed by atoms with Crippen LogP contribution in [0.5, 0.6) is 0 Å². The van der Waals surface area contributed by atoms with E-state index in [4.69, 9.17) is 4.42 Å². The lowest BCUT2D eigenvalue weighted by Crippen LogP contribution is -2.15. The van der Waals surface area contributed by atoms with Crippen molar-refractivity contribution in [3.05, 3.63) is 73.8 Å². The van der Waals surface area contributed by atoms with E-state index in [-0.39, 0.29) is 5.76 Å². The van der Waals surface area contributed by atoms with Gasteiger partial charge in [0.15, 0.2) is 5.76 Å². The molecule has 1 heterocycles. The van der Waals surface area contributed by atoms with Crippen molar-refractivity contribution in [2.45, 2.75) is 6.92 Å². The maximum atomic E-state index is 12.3. The van der Waals surface area contributed by atoms with E-state index < -0.39 is 11.5 Å². The molecular weight excluding hydrogens is 393 g/mol. The first-order valence-corrected chi connectivity index (χ1v) is 7.73. The molecule has 3 rings (SSSR count). The first-order valence-electron chi connectivity index (χ1n) is 6.65. The van der Waals surface area contributed by atoms with Crippen molar-refractivity contribution in [2.75, 3.05) is 5.32 Å². The van der Waals surface area contributed by atoms with Crippen LogP contribution in [0.1, 0.15) is 16.1 Å². The number of amides is 1. The average molecular weight is 405 g/mol. The Morgan fingerprint density at radius 1 is 1.14 bits per heavy atom. The molecule has 4 nitrogen and oxygen atoms in total. The van der Waals surface area contributed by atoms with E-state index in [2.05, 4.69) is 27.9 Å². The third kappa shape index (κ3) is 2.89. The third-order valence-electron chi connectivity index (χ3n) is 3.33. The largest absolute Gasteiger partial charge is 0.417 e. The fraction of sp³-hybridized carbons (Fsp3) is 0.0588. The molecule has 0 fully saturated rings. The molecule has 2 aromatic carbocycles. The van der Waals surface area contributed by atoms with Gasteiger partial charge in [0.25, 0.3) is 5.91 Å². The highest BCUT2D eigenvalue weighted by Crippen LogP contribution is 2.19. The summed E-state index contributed by atoms with van der Waals surface area (Å²) < 4.78 is 6.21. The lowest BCUT2D eigenvalue weighted by molar-refractivity contribution is 0.0993. The van der Waals surface area contributed by atoms with Gasteiger partial charge in [-0.1, -0.05) is 18.2 Å². The summed E-state index contributed by atoms with van der Waals surface area (Å²) in [5.41, 5.74) is 1.13. The summed E-state index contributed by atoms with van der Waals surface area (Å²) in [5, 5.41) is 3.92. The Hall–Kier alpha value is -2.15. The molecule has 3 aromatic rings. The van der Waals surface area contributed by atoms with Crippen molar-refractivity contribution in [3.8, 4) is 0 Å². The van der Waals surface area contributed by atoms with Crippen LogP contribution >= 0.6 is 22.6 Å². The number of anilines is 1. The number of hydrogen-bond acceptors (Lipinski definition) is 3. The summed E-state index contributed by atoms with van der Waals surface area (Å²) in [5.74, 6) is -0.436. The van der Waals surface area contributed by atoms with Gasteiger partial charge in [0, 0.05) is 9.26 Å². The summed E-state index contributed by atoms with van der Waals surface area (Å²) >= 11 is 2.21. The molecule has 1 aromatic heterocycles. The van der Waals surface area contributed by atoms with Crippen LogP contribution in [0.2, 0.25) is 0 Å². The molecule has 1 amide bonds. The summed E-state index contributed by atoms with van der Waals surface area (Å²) in [4.78, 5) is 24.2. The van der Waals surface area contributed by atoms with Gasteiger partial charge in [0.2, 0.25) is 0 Å². The van der Waals surface area contributed by atoms with Crippen molar-refractivity contribution in [1.29, 1.82) is 0 Å². The number of fused-ring (bicyclic) bond motifs is 1. The number of rotatable bonds is 2. The van der Waals surface area contributed by atoms with Crippen LogP contribution in [0.4, 0.5) is 5.69 Å². The Balaban J connectivity index is 1.97. The highest BCUT2D eigenvalue weighted by Gasteiger charge is 2.13. The van der Waals surface area contributed by atoms with Crippen molar-refractivity contribution in [1.82, 2.24) is 0 Å². The zero-order chi connectivity index (χ0) is 15.7. The van der Waals surface area contributed by atoms with Gasteiger partial charge < -0.3 is 9.73 Å². The molecule has 0 spiro atoms. The fourth-order valence-electron chi connectivity index (χ4n) is 2.20. The number of hydrogen-bond donors (Lipinski definition) is 1. The van der Waals surface area contributed by atoms with E-state index in [0.717, 1.165) is 9.13 Å². The Morgan fingerprint density at radius 3 is 2.68 bits per heavy atom. The number of nitrogens with one attached hydrogen (secondary N) is 1. The molecule has 0 aliphatic rings. The molecule has 0 saturated heterocycles. The highest BCUT2D eigenvalue weighted by molar-refractivity contribution is 14.1. The summed E-state index contributed by atoms with van der Waals surface area (Å²) in [7, 11) is 0. The van der Waals surface area contributed by atoms with Crippen LogP contribution in [-0.4, -0.2) is 5.91 Å². The van der Waals surface area contributed by atoms with Crippen molar-refractivity contribution in [2.24, 2.45) is 0 Å². The SMILES string of the molecule is Cc1cc(I)ccc1NC(=O)c1cc2ccccc2c(=O)o1. The van der Waals surface area contributed by atoms with E-state index in [1.807, 2.05) is 31.2 Å².